The second-order valence-corrected chi connectivity index (χ2v) is 9.17. The molecule has 7 heteroatoms. The van der Waals surface area contributed by atoms with Crippen molar-refractivity contribution in [3.8, 4) is 0 Å². The summed E-state index contributed by atoms with van der Waals surface area (Å²) in [6, 6.07) is 6.09. The molecule has 2 amide bonds. The Morgan fingerprint density at radius 2 is 2.00 bits per heavy atom. The third-order valence-corrected chi connectivity index (χ3v) is 6.12. The summed E-state index contributed by atoms with van der Waals surface area (Å²) in [7, 11) is 0. The van der Waals surface area contributed by atoms with E-state index in [1.807, 2.05) is 0 Å². The molecule has 0 aliphatic heterocycles. The van der Waals surface area contributed by atoms with Crippen LogP contribution in [0.25, 0.3) is 0 Å². The Morgan fingerprint density at radius 1 is 1.24 bits per heavy atom. The number of nitrogens with one attached hydrogen (secondary N) is 3. The van der Waals surface area contributed by atoms with Crippen molar-refractivity contribution < 1.29 is 14.0 Å². The van der Waals surface area contributed by atoms with Gasteiger partial charge >= 0.3 is 0 Å². The summed E-state index contributed by atoms with van der Waals surface area (Å²) in [5, 5.41) is 9.23. The molecular weight excluding hydrogens is 389 g/mol. The molecule has 156 valence electrons. The number of anilines is 2. The fourth-order valence-electron chi connectivity index (χ4n) is 3.47. The fourth-order valence-corrected chi connectivity index (χ4v) is 4.90. The second kappa shape index (κ2) is 9.50. The number of amides is 2. The highest BCUT2D eigenvalue weighted by Crippen LogP contribution is 2.40. The van der Waals surface area contributed by atoms with Crippen LogP contribution >= 0.6 is 11.3 Å². The molecule has 0 fully saturated rings. The van der Waals surface area contributed by atoms with Crippen LogP contribution in [0.5, 0.6) is 0 Å². The molecule has 0 radical (unpaired) electrons. The lowest BCUT2D eigenvalue weighted by molar-refractivity contribution is -0.115. The van der Waals surface area contributed by atoms with E-state index < -0.39 is 5.82 Å². The molecule has 1 aromatic carbocycles. The number of rotatable bonds is 7. The summed E-state index contributed by atoms with van der Waals surface area (Å²) in [4.78, 5) is 26.6. The molecule has 3 N–H and O–H groups in total. The van der Waals surface area contributed by atoms with Crippen molar-refractivity contribution in [2.45, 2.75) is 40.0 Å². The molecule has 1 aromatic heterocycles. The lowest BCUT2D eigenvalue weighted by Crippen LogP contribution is -2.31. The summed E-state index contributed by atoms with van der Waals surface area (Å²) in [5.74, 6) is -0.0628. The summed E-state index contributed by atoms with van der Waals surface area (Å²) in [5.41, 5.74) is 1.59. The van der Waals surface area contributed by atoms with Gasteiger partial charge in [0.15, 0.2) is 0 Å². The maximum atomic E-state index is 14.0. The fraction of sp³-hybridized carbons (Fsp3) is 0.455. The van der Waals surface area contributed by atoms with E-state index in [-0.39, 0.29) is 24.0 Å². The normalized spacial score (nSPS) is 15.8. The van der Waals surface area contributed by atoms with Gasteiger partial charge in [0.2, 0.25) is 5.91 Å². The Balaban J connectivity index is 1.83. The van der Waals surface area contributed by atoms with Crippen molar-refractivity contribution >= 4 is 33.8 Å². The molecule has 1 heterocycles. The van der Waals surface area contributed by atoms with Gasteiger partial charge < -0.3 is 16.0 Å². The van der Waals surface area contributed by atoms with Gasteiger partial charge in [-0.25, -0.2) is 4.39 Å². The zero-order valence-electron chi connectivity index (χ0n) is 17.1. The van der Waals surface area contributed by atoms with E-state index in [0.717, 1.165) is 36.2 Å². The monoisotopic (exact) mass is 417 g/mol. The Hall–Kier alpha value is -2.25. The Labute approximate surface area is 175 Å². The minimum absolute atomic E-state index is 0.137. The second-order valence-electron chi connectivity index (χ2n) is 8.06. The zero-order chi connectivity index (χ0) is 21.0. The summed E-state index contributed by atoms with van der Waals surface area (Å²) in [6.07, 6.45) is 2.67. The van der Waals surface area contributed by atoms with Crippen LogP contribution in [0, 0.1) is 17.7 Å². The van der Waals surface area contributed by atoms with Crippen LogP contribution in [0.3, 0.4) is 0 Å². The predicted octanol–water partition coefficient (Wildman–Crippen LogP) is 4.45. The number of fused-ring (bicyclic) bond motifs is 1. The van der Waals surface area contributed by atoms with E-state index in [9.17, 15) is 14.0 Å². The van der Waals surface area contributed by atoms with Gasteiger partial charge in [0.1, 0.15) is 10.8 Å². The summed E-state index contributed by atoms with van der Waals surface area (Å²) in [6.45, 7) is 7.27. The van der Waals surface area contributed by atoms with Gasteiger partial charge in [-0.2, -0.15) is 0 Å². The SMILES string of the molecule is CC(C)CNCC(=O)Nc1sc2c(c1C(=O)Nc1ccccc1F)CCC(C)C2. The number of para-hydroxylation sites is 1. The maximum absolute atomic E-state index is 14.0. The molecule has 29 heavy (non-hydrogen) atoms. The van der Waals surface area contributed by atoms with Crippen LogP contribution in [-0.4, -0.2) is 24.9 Å². The largest absolute Gasteiger partial charge is 0.319 e. The van der Waals surface area contributed by atoms with Gasteiger partial charge in [0, 0.05) is 4.88 Å². The molecule has 0 spiro atoms. The van der Waals surface area contributed by atoms with Crippen molar-refractivity contribution in [2.75, 3.05) is 23.7 Å². The van der Waals surface area contributed by atoms with Crippen LogP contribution < -0.4 is 16.0 Å². The number of carbonyl (C=O) groups is 2. The van der Waals surface area contributed by atoms with E-state index >= 15 is 0 Å². The Kier molecular flexibility index (Phi) is 7.03. The third kappa shape index (κ3) is 5.42. The van der Waals surface area contributed by atoms with Crippen molar-refractivity contribution in [2.24, 2.45) is 11.8 Å². The standard InChI is InChI=1S/C22H28FN3O2S/c1-13(2)11-24-12-19(27)26-22-20(15-9-8-14(3)10-18(15)29-22)21(28)25-17-7-5-4-6-16(17)23/h4-7,13-14,24H,8-12H2,1-3H3,(H,25,28)(H,26,27). The molecular formula is C22H28FN3O2S. The van der Waals surface area contributed by atoms with E-state index in [2.05, 4.69) is 36.7 Å². The number of hydrogen-bond acceptors (Lipinski definition) is 4. The van der Waals surface area contributed by atoms with Crippen molar-refractivity contribution in [1.29, 1.82) is 0 Å². The van der Waals surface area contributed by atoms with Gasteiger partial charge in [-0.3, -0.25) is 9.59 Å². The highest BCUT2D eigenvalue weighted by Gasteiger charge is 2.28. The summed E-state index contributed by atoms with van der Waals surface area (Å²) >= 11 is 1.46. The molecule has 2 aromatic rings. The molecule has 1 aliphatic carbocycles. The minimum Gasteiger partial charge on any atom is -0.319 e. The predicted molar refractivity (Wildman–Crippen MR) is 116 cm³/mol. The average molecular weight is 418 g/mol. The number of hydrogen-bond donors (Lipinski definition) is 3. The average Bonchev–Trinajstić information content (AvgIpc) is 3.00. The van der Waals surface area contributed by atoms with E-state index in [1.165, 1.54) is 23.5 Å². The van der Waals surface area contributed by atoms with Gasteiger partial charge in [-0.05, 0) is 55.3 Å². The quantitative estimate of drug-likeness (QED) is 0.623. The van der Waals surface area contributed by atoms with Crippen LogP contribution in [0.15, 0.2) is 24.3 Å². The maximum Gasteiger partial charge on any atom is 0.259 e. The topological polar surface area (TPSA) is 70.2 Å². The highest BCUT2D eigenvalue weighted by atomic mass is 32.1. The third-order valence-electron chi connectivity index (χ3n) is 4.95. The number of halogens is 1. The molecule has 0 bridgehead atoms. The smallest absolute Gasteiger partial charge is 0.259 e. The van der Waals surface area contributed by atoms with Gasteiger partial charge in [-0.1, -0.05) is 32.9 Å². The molecule has 1 aliphatic rings. The van der Waals surface area contributed by atoms with Crippen molar-refractivity contribution in [3.63, 3.8) is 0 Å². The molecule has 1 atom stereocenters. The van der Waals surface area contributed by atoms with E-state index in [0.29, 0.717) is 22.4 Å². The Morgan fingerprint density at radius 3 is 2.72 bits per heavy atom. The molecule has 1 unspecified atom stereocenters. The van der Waals surface area contributed by atoms with E-state index in [4.69, 9.17) is 0 Å². The highest BCUT2D eigenvalue weighted by molar-refractivity contribution is 7.17. The molecule has 0 saturated carbocycles. The zero-order valence-corrected chi connectivity index (χ0v) is 17.9. The first-order valence-electron chi connectivity index (χ1n) is 10.1. The lowest BCUT2D eigenvalue weighted by Gasteiger charge is -2.18. The Bertz CT molecular complexity index is 894. The number of thiophene rings is 1. The van der Waals surface area contributed by atoms with Crippen LogP contribution in [-0.2, 0) is 17.6 Å². The number of carbonyl (C=O) groups excluding carboxylic acids is 2. The number of benzene rings is 1. The first-order chi connectivity index (χ1) is 13.8. The van der Waals surface area contributed by atoms with Crippen LogP contribution in [0.1, 0.15) is 48.0 Å². The van der Waals surface area contributed by atoms with Gasteiger partial charge in [0.25, 0.3) is 5.91 Å². The van der Waals surface area contributed by atoms with Crippen LogP contribution in [0.2, 0.25) is 0 Å². The van der Waals surface area contributed by atoms with Gasteiger partial charge in [-0.15, -0.1) is 11.3 Å². The van der Waals surface area contributed by atoms with Crippen molar-refractivity contribution in [3.05, 3.63) is 46.1 Å². The first-order valence-corrected chi connectivity index (χ1v) is 10.9. The first kappa shape index (κ1) is 21.5. The molecule has 5 nitrogen and oxygen atoms in total. The minimum atomic E-state index is -0.484. The molecule has 3 rings (SSSR count). The van der Waals surface area contributed by atoms with Crippen LogP contribution in [0.4, 0.5) is 15.1 Å². The van der Waals surface area contributed by atoms with E-state index in [1.54, 1.807) is 12.1 Å². The lowest BCUT2D eigenvalue weighted by atomic mass is 9.88. The molecule has 0 saturated heterocycles. The van der Waals surface area contributed by atoms with Gasteiger partial charge in [0.05, 0.1) is 17.8 Å². The van der Waals surface area contributed by atoms with Crippen molar-refractivity contribution in [1.82, 2.24) is 5.32 Å². The summed E-state index contributed by atoms with van der Waals surface area (Å²) < 4.78 is 14.0.